The van der Waals surface area contributed by atoms with Crippen molar-refractivity contribution >= 4 is 27.5 Å². The summed E-state index contributed by atoms with van der Waals surface area (Å²) in [6.07, 6.45) is 1.01. The van der Waals surface area contributed by atoms with E-state index in [9.17, 15) is 0 Å². The van der Waals surface area contributed by atoms with Crippen LogP contribution in [-0.4, -0.2) is 0 Å². The number of benzene rings is 2. The predicted octanol–water partition coefficient (Wildman–Crippen LogP) is 5.24. The largest absolute Gasteiger partial charge is 0.489 e. The molecule has 1 nitrogen and oxygen atoms in total. The number of halogens is 2. The molecule has 2 rings (SSSR count). The lowest BCUT2D eigenvalue weighted by Crippen LogP contribution is -1.96. The fourth-order valence-electron chi connectivity index (χ4n) is 1.66. The summed E-state index contributed by atoms with van der Waals surface area (Å²) in [4.78, 5) is 0. The summed E-state index contributed by atoms with van der Waals surface area (Å²) in [6, 6.07) is 13.9. The van der Waals surface area contributed by atoms with Crippen molar-refractivity contribution in [2.75, 3.05) is 0 Å². The third-order valence-electron chi connectivity index (χ3n) is 2.72. The lowest BCUT2D eigenvalue weighted by Gasteiger charge is -2.09. The van der Waals surface area contributed by atoms with E-state index in [-0.39, 0.29) is 0 Å². The molecule has 0 fully saturated rings. The molecule has 0 saturated carbocycles. The van der Waals surface area contributed by atoms with Crippen LogP contribution < -0.4 is 4.74 Å². The summed E-state index contributed by atoms with van der Waals surface area (Å²) in [6.45, 7) is 2.62. The smallest absolute Gasteiger partial charge is 0.120 e. The molecule has 0 spiro atoms. The van der Waals surface area contributed by atoms with E-state index in [2.05, 4.69) is 35.0 Å². The Morgan fingerprint density at radius 3 is 2.72 bits per heavy atom. The summed E-state index contributed by atoms with van der Waals surface area (Å²) < 4.78 is 6.73. The molecule has 2 aromatic rings. The zero-order valence-electron chi connectivity index (χ0n) is 10.1. The second-order valence-corrected chi connectivity index (χ2v) is 5.35. The Bertz CT molecular complexity index is 540. The van der Waals surface area contributed by atoms with E-state index in [4.69, 9.17) is 16.3 Å². The van der Waals surface area contributed by atoms with Gasteiger partial charge >= 0.3 is 0 Å². The lowest BCUT2D eigenvalue weighted by atomic mass is 10.2. The molecule has 0 radical (unpaired) electrons. The molecule has 0 unspecified atom stereocenters. The summed E-state index contributed by atoms with van der Waals surface area (Å²) in [7, 11) is 0. The third kappa shape index (κ3) is 3.50. The highest BCUT2D eigenvalue weighted by atomic mass is 79.9. The first-order chi connectivity index (χ1) is 8.69. The van der Waals surface area contributed by atoms with Gasteiger partial charge in [0.05, 0.1) is 0 Å². The Morgan fingerprint density at radius 1 is 1.17 bits per heavy atom. The highest BCUT2D eigenvalue weighted by Crippen LogP contribution is 2.23. The Hall–Kier alpha value is -0.990. The standard InChI is InChI=1S/C15H14BrClO/c1-2-11-4-3-5-14(8-11)18-10-12-6-7-13(16)9-15(12)17/h3-9H,2,10H2,1H3. The summed E-state index contributed by atoms with van der Waals surface area (Å²) in [5.41, 5.74) is 2.26. The fraction of sp³-hybridized carbons (Fsp3) is 0.200. The van der Waals surface area contributed by atoms with Crippen LogP contribution in [0.4, 0.5) is 0 Å². The molecule has 94 valence electrons. The second kappa shape index (κ2) is 6.26. The number of aryl methyl sites for hydroxylation is 1. The third-order valence-corrected chi connectivity index (χ3v) is 3.56. The minimum atomic E-state index is 0.485. The van der Waals surface area contributed by atoms with Crippen LogP contribution in [0, 0.1) is 0 Å². The van der Waals surface area contributed by atoms with Crippen molar-refractivity contribution in [2.24, 2.45) is 0 Å². The van der Waals surface area contributed by atoms with Crippen molar-refractivity contribution in [1.29, 1.82) is 0 Å². The number of rotatable bonds is 4. The number of ether oxygens (including phenoxy) is 1. The second-order valence-electron chi connectivity index (χ2n) is 4.03. The van der Waals surface area contributed by atoms with Crippen molar-refractivity contribution in [3.63, 3.8) is 0 Å². The van der Waals surface area contributed by atoms with Gasteiger partial charge in [-0.05, 0) is 36.2 Å². The van der Waals surface area contributed by atoms with Gasteiger partial charge in [0.25, 0.3) is 0 Å². The van der Waals surface area contributed by atoms with Gasteiger partial charge in [0.1, 0.15) is 12.4 Å². The van der Waals surface area contributed by atoms with Crippen molar-refractivity contribution in [3.8, 4) is 5.75 Å². The molecule has 0 saturated heterocycles. The van der Waals surface area contributed by atoms with Gasteiger partial charge in [0, 0.05) is 15.1 Å². The molecule has 0 aliphatic heterocycles. The first-order valence-corrected chi connectivity index (χ1v) is 7.02. The predicted molar refractivity (Wildman–Crippen MR) is 79.3 cm³/mol. The van der Waals surface area contributed by atoms with E-state index in [1.165, 1.54) is 5.56 Å². The van der Waals surface area contributed by atoms with Gasteiger partial charge < -0.3 is 4.74 Å². The molecule has 18 heavy (non-hydrogen) atoms. The summed E-state index contributed by atoms with van der Waals surface area (Å²) >= 11 is 9.53. The van der Waals surface area contributed by atoms with Gasteiger partial charge in [-0.25, -0.2) is 0 Å². The average Bonchev–Trinajstić information content (AvgIpc) is 2.38. The van der Waals surface area contributed by atoms with Gasteiger partial charge in [0.2, 0.25) is 0 Å². The number of hydrogen-bond acceptors (Lipinski definition) is 1. The minimum Gasteiger partial charge on any atom is -0.489 e. The van der Waals surface area contributed by atoms with E-state index in [1.54, 1.807) is 0 Å². The van der Waals surface area contributed by atoms with Crippen molar-refractivity contribution < 1.29 is 4.74 Å². The maximum Gasteiger partial charge on any atom is 0.120 e. The quantitative estimate of drug-likeness (QED) is 0.746. The SMILES string of the molecule is CCc1cccc(OCc2ccc(Br)cc2Cl)c1. The van der Waals surface area contributed by atoms with Crippen molar-refractivity contribution in [3.05, 3.63) is 63.1 Å². The Labute approximate surface area is 121 Å². The molecule has 3 heteroatoms. The minimum absolute atomic E-state index is 0.485. The molecule has 0 amide bonds. The van der Waals surface area contributed by atoms with Crippen LogP contribution in [-0.2, 0) is 13.0 Å². The Kier molecular flexibility index (Phi) is 4.67. The van der Waals surface area contributed by atoms with Crippen molar-refractivity contribution in [2.45, 2.75) is 20.0 Å². The first kappa shape index (κ1) is 13.4. The molecule has 0 aliphatic rings. The normalized spacial score (nSPS) is 10.4. The summed E-state index contributed by atoms with van der Waals surface area (Å²) in [5.74, 6) is 0.883. The van der Waals surface area contributed by atoms with E-state index in [0.717, 1.165) is 27.2 Å². The van der Waals surface area contributed by atoms with E-state index >= 15 is 0 Å². The van der Waals surface area contributed by atoms with Crippen LogP contribution in [0.2, 0.25) is 5.02 Å². The molecule has 0 aromatic heterocycles. The van der Waals surface area contributed by atoms with Gasteiger partial charge in [-0.2, -0.15) is 0 Å². The zero-order chi connectivity index (χ0) is 13.0. The highest BCUT2D eigenvalue weighted by Gasteiger charge is 2.02. The maximum absolute atomic E-state index is 6.14. The Morgan fingerprint density at radius 2 is 2.00 bits per heavy atom. The maximum atomic E-state index is 6.14. The fourth-order valence-corrected chi connectivity index (χ4v) is 2.38. The van der Waals surface area contributed by atoms with Crippen LogP contribution in [0.1, 0.15) is 18.1 Å². The highest BCUT2D eigenvalue weighted by molar-refractivity contribution is 9.10. The van der Waals surface area contributed by atoms with Crippen molar-refractivity contribution in [1.82, 2.24) is 0 Å². The molecule has 2 aromatic carbocycles. The molecule has 0 atom stereocenters. The topological polar surface area (TPSA) is 9.23 Å². The molecule has 0 aliphatic carbocycles. The summed E-state index contributed by atoms with van der Waals surface area (Å²) in [5, 5.41) is 0.719. The van der Waals surface area contributed by atoms with E-state index < -0.39 is 0 Å². The van der Waals surface area contributed by atoms with Gasteiger partial charge in [-0.3, -0.25) is 0 Å². The van der Waals surface area contributed by atoms with Crippen LogP contribution >= 0.6 is 27.5 Å². The Balaban J connectivity index is 2.06. The van der Waals surface area contributed by atoms with E-state index in [0.29, 0.717) is 6.61 Å². The van der Waals surface area contributed by atoms with Crippen LogP contribution in [0.25, 0.3) is 0 Å². The molecule has 0 heterocycles. The van der Waals surface area contributed by atoms with Crippen LogP contribution in [0.15, 0.2) is 46.9 Å². The first-order valence-electron chi connectivity index (χ1n) is 5.84. The van der Waals surface area contributed by atoms with Crippen LogP contribution in [0.5, 0.6) is 5.75 Å². The molecule has 0 bridgehead atoms. The van der Waals surface area contributed by atoms with Gasteiger partial charge in [-0.1, -0.05) is 52.7 Å². The molecular weight excluding hydrogens is 312 g/mol. The lowest BCUT2D eigenvalue weighted by molar-refractivity contribution is 0.306. The zero-order valence-corrected chi connectivity index (χ0v) is 12.5. The van der Waals surface area contributed by atoms with Crippen LogP contribution in [0.3, 0.4) is 0 Å². The van der Waals surface area contributed by atoms with Gasteiger partial charge in [-0.15, -0.1) is 0 Å². The molecule has 0 N–H and O–H groups in total. The average molecular weight is 326 g/mol. The monoisotopic (exact) mass is 324 g/mol. The van der Waals surface area contributed by atoms with Gasteiger partial charge in [0.15, 0.2) is 0 Å². The number of hydrogen-bond donors (Lipinski definition) is 0. The van der Waals surface area contributed by atoms with E-state index in [1.807, 2.05) is 30.3 Å². The molecular formula is C15H14BrClO.